The van der Waals surface area contributed by atoms with Crippen LogP contribution in [0.1, 0.15) is 17.8 Å². The molecule has 0 unspecified atom stereocenters. The highest BCUT2D eigenvalue weighted by molar-refractivity contribution is 6.35. The van der Waals surface area contributed by atoms with Crippen LogP contribution in [0, 0.1) is 5.92 Å². The molecule has 0 fully saturated rings. The molecular weight excluding hydrogens is 308 g/mol. The van der Waals surface area contributed by atoms with Crippen LogP contribution in [-0.2, 0) is 19.5 Å². The summed E-state index contributed by atoms with van der Waals surface area (Å²) < 4.78 is 2.26. The first-order valence-corrected chi connectivity index (χ1v) is 8.42. The van der Waals surface area contributed by atoms with E-state index in [0.29, 0.717) is 5.92 Å². The van der Waals surface area contributed by atoms with Gasteiger partial charge in [0.25, 0.3) is 0 Å². The summed E-state index contributed by atoms with van der Waals surface area (Å²) >= 11 is 6.25. The van der Waals surface area contributed by atoms with Crippen LogP contribution in [0.3, 0.4) is 0 Å². The van der Waals surface area contributed by atoms with Gasteiger partial charge in [0.15, 0.2) is 0 Å². The number of imidazole rings is 1. The Kier molecular flexibility index (Phi) is 4.02. The maximum Gasteiger partial charge on any atom is 0.108 e. The maximum atomic E-state index is 6.25. The molecule has 0 aliphatic carbocycles. The fourth-order valence-electron chi connectivity index (χ4n) is 3.34. The second-order valence-electron chi connectivity index (χ2n) is 6.13. The van der Waals surface area contributed by atoms with Crippen molar-refractivity contribution in [2.45, 2.75) is 25.9 Å². The summed E-state index contributed by atoms with van der Waals surface area (Å²) in [5, 5.41) is 5.37. The Balaban J connectivity index is 1.42. The smallest absolute Gasteiger partial charge is 0.108 e. The van der Waals surface area contributed by atoms with Gasteiger partial charge >= 0.3 is 0 Å². The van der Waals surface area contributed by atoms with Gasteiger partial charge in [0.2, 0.25) is 0 Å². The molecule has 0 saturated carbocycles. The van der Waals surface area contributed by atoms with Gasteiger partial charge < -0.3 is 9.88 Å². The lowest BCUT2D eigenvalue weighted by atomic mass is 9.97. The molecule has 0 amide bonds. The van der Waals surface area contributed by atoms with Crippen molar-refractivity contribution in [3.63, 3.8) is 0 Å². The number of fused-ring (bicyclic) bond motifs is 2. The summed E-state index contributed by atoms with van der Waals surface area (Å²) in [6, 6.07) is 7.98. The number of hydrogen-bond donors (Lipinski definition) is 1. The Hall–Kier alpha value is -1.91. The second kappa shape index (κ2) is 6.30. The topological polar surface area (TPSA) is 42.7 Å². The lowest BCUT2D eigenvalue weighted by Crippen LogP contribution is -2.29. The predicted molar refractivity (Wildman–Crippen MR) is 92.5 cm³/mol. The molecule has 0 radical (unpaired) electrons. The van der Waals surface area contributed by atoms with Gasteiger partial charge in [-0.2, -0.15) is 0 Å². The van der Waals surface area contributed by atoms with E-state index in [4.69, 9.17) is 11.6 Å². The van der Waals surface area contributed by atoms with Crippen LogP contribution >= 0.6 is 11.6 Å². The molecule has 23 heavy (non-hydrogen) atoms. The molecule has 1 aliphatic heterocycles. The first-order valence-electron chi connectivity index (χ1n) is 8.04. The van der Waals surface area contributed by atoms with Crippen molar-refractivity contribution >= 4 is 22.5 Å². The van der Waals surface area contributed by atoms with Gasteiger partial charge in [0.05, 0.1) is 5.52 Å². The molecule has 1 atom stereocenters. The summed E-state index contributed by atoms with van der Waals surface area (Å²) in [5.74, 6) is 1.86. The molecule has 1 aromatic carbocycles. The van der Waals surface area contributed by atoms with Crippen LogP contribution in [0.5, 0.6) is 0 Å². The fraction of sp³-hybridized carbons (Fsp3) is 0.333. The van der Waals surface area contributed by atoms with E-state index >= 15 is 0 Å². The number of hydrogen-bond acceptors (Lipinski definition) is 3. The summed E-state index contributed by atoms with van der Waals surface area (Å²) in [6.07, 6.45) is 8.06. The van der Waals surface area contributed by atoms with Crippen molar-refractivity contribution in [2.75, 3.05) is 6.54 Å². The van der Waals surface area contributed by atoms with Gasteiger partial charge in [-0.05, 0) is 42.6 Å². The van der Waals surface area contributed by atoms with Gasteiger partial charge in [-0.15, -0.1) is 0 Å². The number of rotatable bonds is 4. The van der Waals surface area contributed by atoms with E-state index < -0.39 is 0 Å². The summed E-state index contributed by atoms with van der Waals surface area (Å²) in [5.41, 5.74) is 2.19. The molecule has 118 valence electrons. The van der Waals surface area contributed by atoms with Gasteiger partial charge in [-0.3, -0.25) is 4.98 Å². The van der Waals surface area contributed by atoms with Gasteiger partial charge in [0.1, 0.15) is 5.82 Å². The van der Waals surface area contributed by atoms with Crippen LogP contribution in [0.15, 0.2) is 42.9 Å². The monoisotopic (exact) mass is 326 g/mol. The highest BCUT2D eigenvalue weighted by atomic mass is 35.5. The largest absolute Gasteiger partial charge is 0.335 e. The molecule has 1 aliphatic rings. The second-order valence-corrected chi connectivity index (χ2v) is 6.54. The first kappa shape index (κ1) is 14.7. The minimum atomic E-state index is 0.649. The number of aryl methyl sites for hydroxylation is 1. The quantitative estimate of drug-likeness (QED) is 0.798. The van der Waals surface area contributed by atoms with E-state index in [1.54, 1.807) is 0 Å². The minimum Gasteiger partial charge on any atom is -0.335 e. The molecule has 4 nitrogen and oxygen atoms in total. The van der Waals surface area contributed by atoms with E-state index in [0.717, 1.165) is 42.0 Å². The van der Waals surface area contributed by atoms with Crippen molar-refractivity contribution in [1.29, 1.82) is 0 Å². The number of benzene rings is 1. The average Bonchev–Trinajstić information content (AvgIpc) is 3.05. The van der Waals surface area contributed by atoms with E-state index in [-0.39, 0.29) is 0 Å². The normalized spacial score (nSPS) is 17.3. The number of aromatic nitrogens is 3. The zero-order valence-electron chi connectivity index (χ0n) is 12.9. The van der Waals surface area contributed by atoms with E-state index in [2.05, 4.69) is 32.1 Å². The maximum absolute atomic E-state index is 6.25. The van der Waals surface area contributed by atoms with Gasteiger partial charge in [0, 0.05) is 48.5 Å². The number of nitrogens with zero attached hydrogens (tertiary/aromatic N) is 3. The first-order chi connectivity index (χ1) is 11.3. The van der Waals surface area contributed by atoms with E-state index in [1.807, 2.05) is 30.6 Å². The molecular formula is C18H19ClN4. The lowest BCUT2D eigenvalue weighted by Gasteiger charge is -2.23. The summed E-state index contributed by atoms with van der Waals surface area (Å²) in [7, 11) is 0. The van der Waals surface area contributed by atoms with Crippen LogP contribution in [0.4, 0.5) is 0 Å². The molecule has 3 aromatic rings. The minimum absolute atomic E-state index is 0.649. The molecule has 5 heteroatoms. The van der Waals surface area contributed by atoms with Crippen molar-refractivity contribution in [3.05, 3.63) is 59.3 Å². The van der Waals surface area contributed by atoms with Crippen molar-refractivity contribution in [3.8, 4) is 0 Å². The van der Waals surface area contributed by atoms with Crippen LogP contribution in [0.25, 0.3) is 10.9 Å². The standard InChI is InChI=1S/C18H19ClN4/c19-16-4-3-14(18-15(16)2-1-6-22-18)12-20-11-13-5-8-23-9-7-21-17(23)10-13/h1-4,6-7,9,13,20H,5,8,10-12H2/t13-/m0/s1. The third-order valence-electron chi connectivity index (χ3n) is 4.60. The Bertz CT molecular complexity index is 827. The summed E-state index contributed by atoms with van der Waals surface area (Å²) in [4.78, 5) is 8.93. The lowest BCUT2D eigenvalue weighted by molar-refractivity contribution is 0.363. The highest BCUT2D eigenvalue weighted by Crippen LogP contribution is 2.25. The van der Waals surface area contributed by atoms with Crippen LogP contribution < -0.4 is 5.32 Å². The van der Waals surface area contributed by atoms with E-state index in [1.165, 1.54) is 17.8 Å². The van der Waals surface area contributed by atoms with Crippen molar-refractivity contribution in [1.82, 2.24) is 19.9 Å². The molecule has 0 bridgehead atoms. The number of nitrogens with one attached hydrogen (secondary N) is 1. The fourth-order valence-corrected chi connectivity index (χ4v) is 3.56. The zero-order valence-corrected chi connectivity index (χ0v) is 13.6. The third kappa shape index (κ3) is 2.96. The van der Waals surface area contributed by atoms with Crippen LogP contribution in [-0.4, -0.2) is 21.1 Å². The molecule has 4 rings (SSSR count). The Morgan fingerprint density at radius 1 is 1.22 bits per heavy atom. The van der Waals surface area contributed by atoms with E-state index in [9.17, 15) is 0 Å². The zero-order chi connectivity index (χ0) is 15.6. The Morgan fingerprint density at radius 3 is 3.13 bits per heavy atom. The summed E-state index contributed by atoms with van der Waals surface area (Å²) in [6.45, 7) is 2.90. The molecule has 2 aromatic heterocycles. The van der Waals surface area contributed by atoms with Gasteiger partial charge in [-0.1, -0.05) is 17.7 Å². The molecule has 1 N–H and O–H groups in total. The van der Waals surface area contributed by atoms with Crippen molar-refractivity contribution < 1.29 is 0 Å². The number of halogens is 1. The molecule has 3 heterocycles. The average molecular weight is 327 g/mol. The van der Waals surface area contributed by atoms with Crippen LogP contribution in [0.2, 0.25) is 5.02 Å². The van der Waals surface area contributed by atoms with Crippen molar-refractivity contribution in [2.24, 2.45) is 5.92 Å². The van der Waals surface area contributed by atoms with Gasteiger partial charge in [-0.25, -0.2) is 4.98 Å². The molecule has 0 spiro atoms. The highest BCUT2D eigenvalue weighted by Gasteiger charge is 2.18. The Labute approximate surface area is 140 Å². The number of pyridine rings is 1. The third-order valence-corrected chi connectivity index (χ3v) is 4.93. The predicted octanol–water partition coefficient (Wildman–Crippen LogP) is 3.44. The Morgan fingerprint density at radius 2 is 2.17 bits per heavy atom. The SMILES string of the molecule is Clc1ccc(CNC[C@H]2CCn3ccnc3C2)c2ncccc12. The molecule has 0 saturated heterocycles.